The van der Waals surface area contributed by atoms with E-state index < -0.39 is 29.5 Å². The maximum absolute atomic E-state index is 12.3. The molecule has 0 aromatic carbocycles. The third-order valence-corrected chi connectivity index (χ3v) is 2.54. The number of carbonyl (C=O) groups excluding carboxylic acids is 1. The number of carboxylic acid groups (broad SMARTS) is 1. The van der Waals surface area contributed by atoms with E-state index in [0.717, 1.165) is 0 Å². The Kier molecular flexibility index (Phi) is 5.21. The van der Waals surface area contributed by atoms with Gasteiger partial charge >= 0.3 is 11.9 Å². The normalized spacial score (nSPS) is 14.4. The summed E-state index contributed by atoms with van der Waals surface area (Å²) in [6.07, 6.45) is 2.74. The number of aliphatic carboxylic acids is 1. The second-order valence-corrected chi connectivity index (χ2v) is 5.56. The first-order chi connectivity index (χ1) is 9.20. The summed E-state index contributed by atoms with van der Waals surface area (Å²) in [5.41, 5.74) is 5.75. The predicted molar refractivity (Wildman–Crippen MR) is 73.1 cm³/mol. The Hall–Kier alpha value is -1.95. The SMILES string of the molecule is CC(C)(C)OC(=O)[C@@H](c1cccnc1)[C@H](N)CC(=O)O. The minimum absolute atomic E-state index is 0.321. The summed E-state index contributed by atoms with van der Waals surface area (Å²) in [5, 5.41) is 8.85. The number of rotatable bonds is 5. The standard InChI is InChI=1S/C14H20N2O4/c1-14(2,3)20-13(19)12(10(15)7-11(17)18)9-5-4-6-16-8-9/h4-6,8,10,12H,7,15H2,1-3H3,(H,17,18)/t10-,12+/m1/s1. The minimum Gasteiger partial charge on any atom is -0.481 e. The molecule has 0 amide bonds. The summed E-state index contributed by atoms with van der Waals surface area (Å²) < 4.78 is 5.32. The molecule has 0 radical (unpaired) electrons. The van der Waals surface area contributed by atoms with Crippen molar-refractivity contribution in [1.29, 1.82) is 0 Å². The molecule has 2 atom stereocenters. The van der Waals surface area contributed by atoms with Crippen molar-refractivity contribution in [2.75, 3.05) is 0 Å². The second-order valence-electron chi connectivity index (χ2n) is 5.56. The molecule has 0 bridgehead atoms. The molecule has 6 nitrogen and oxygen atoms in total. The van der Waals surface area contributed by atoms with E-state index in [4.69, 9.17) is 15.6 Å². The molecule has 110 valence electrons. The van der Waals surface area contributed by atoms with Crippen LogP contribution in [0.2, 0.25) is 0 Å². The van der Waals surface area contributed by atoms with E-state index in [9.17, 15) is 9.59 Å². The molecule has 0 saturated carbocycles. The zero-order chi connectivity index (χ0) is 15.3. The van der Waals surface area contributed by atoms with Crippen LogP contribution in [-0.2, 0) is 14.3 Å². The lowest BCUT2D eigenvalue weighted by atomic mass is 9.91. The molecule has 6 heteroatoms. The van der Waals surface area contributed by atoms with Gasteiger partial charge in [-0.25, -0.2) is 0 Å². The fourth-order valence-corrected chi connectivity index (χ4v) is 1.80. The highest BCUT2D eigenvalue weighted by Gasteiger charge is 2.33. The van der Waals surface area contributed by atoms with Crippen LogP contribution in [-0.4, -0.2) is 33.7 Å². The van der Waals surface area contributed by atoms with Crippen molar-refractivity contribution in [3.63, 3.8) is 0 Å². The summed E-state index contributed by atoms with van der Waals surface area (Å²) >= 11 is 0. The molecular formula is C14H20N2O4. The van der Waals surface area contributed by atoms with Gasteiger partial charge in [-0.15, -0.1) is 0 Å². The first-order valence-electron chi connectivity index (χ1n) is 6.31. The number of esters is 1. The third kappa shape index (κ3) is 4.97. The van der Waals surface area contributed by atoms with Crippen molar-refractivity contribution in [2.45, 2.75) is 44.8 Å². The Morgan fingerprint density at radius 2 is 2.10 bits per heavy atom. The van der Waals surface area contributed by atoms with Gasteiger partial charge in [-0.3, -0.25) is 14.6 Å². The summed E-state index contributed by atoms with van der Waals surface area (Å²) in [5.74, 6) is -2.45. The van der Waals surface area contributed by atoms with E-state index in [-0.39, 0.29) is 6.42 Å². The zero-order valence-electron chi connectivity index (χ0n) is 11.9. The molecule has 20 heavy (non-hydrogen) atoms. The Labute approximate surface area is 118 Å². The predicted octanol–water partition coefficient (Wildman–Crippen LogP) is 1.31. The molecule has 3 N–H and O–H groups in total. The number of carbonyl (C=O) groups is 2. The van der Waals surface area contributed by atoms with E-state index >= 15 is 0 Å². The van der Waals surface area contributed by atoms with Crippen molar-refractivity contribution in [3.8, 4) is 0 Å². The average Bonchev–Trinajstić information content (AvgIpc) is 2.26. The van der Waals surface area contributed by atoms with Crippen LogP contribution in [0.15, 0.2) is 24.5 Å². The maximum atomic E-state index is 12.3. The van der Waals surface area contributed by atoms with Crippen LogP contribution in [0.5, 0.6) is 0 Å². The van der Waals surface area contributed by atoms with Crippen molar-refractivity contribution < 1.29 is 19.4 Å². The lowest BCUT2D eigenvalue weighted by molar-refractivity contribution is -0.157. The van der Waals surface area contributed by atoms with Crippen LogP contribution in [0.4, 0.5) is 0 Å². The smallest absolute Gasteiger partial charge is 0.315 e. The quantitative estimate of drug-likeness (QED) is 0.788. The summed E-state index contributed by atoms with van der Waals surface area (Å²) in [7, 11) is 0. The first-order valence-corrected chi connectivity index (χ1v) is 6.31. The van der Waals surface area contributed by atoms with Gasteiger partial charge < -0.3 is 15.6 Å². The minimum atomic E-state index is -1.06. The van der Waals surface area contributed by atoms with Crippen LogP contribution in [0.25, 0.3) is 0 Å². The lowest BCUT2D eigenvalue weighted by Crippen LogP contribution is -2.39. The van der Waals surface area contributed by atoms with Crippen LogP contribution in [0.1, 0.15) is 38.7 Å². The van der Waals surface area contributed by atoms with Gasteiger partial charge in [0.1, 0.15) is 5.60 Å². The molecule has 0 aliphatic carbocycles. The summed E-state index contributed by atoms with van der Waals surface area (Å²) in [6.45, 7) is 5.23. The highest BCUT2D eigenvalue weighted by Crippen LogP contribution is 2.24. The Morgan fingerprint density at radius 3 is 2.55 bits per heavy atom. The molecule has 1 rings (SSSR count). The van der Waals surface area contributed by atoms with Gasteiger partial charge in [-0.1, -0.05) is 6.07 Å². The van der Waals surface area contributed by atoms with Crippen molar-refractivity contribution in [3.05, 3.63) is 30.1 Å². The largest absolute Gasteiger partial charge is 0.481 e. The lowest BCUT2D eigenvalue weighted by Gasteiger charge is -2.26. The molecule has 0 aliphatic heterocycles. The number of carboxylic acids is 1. The van der Waals surface area contributed by atoms with Crippen molar-refractivity contribution in [2.24, 2.45) is 5.73 Å². The van der Waals surface area contributed by atoms with Gasteiger partial charge in [0.2, 0.25) is 0 Å². The van der Waals surface area contributed by atoms with Gasteiger partial charge in [0.15, 0.2) is 0 Å². The van der Waals surface area contributed by atoms with E-state index in [2.05, 4.69) is 4.98 Å². The molecule has 0 fully saturated rings. The fourth-order valence-electron chi connectivity index (χ4n) is 1.80. The van der Waals surface area contributed by atoms with Crippen molar-refractivity contribution in [1.82, 2.24) is 4.98 Å². The highest BCUT2D eigenvalue weighted by molar-refractivity contribution is 5.80. The van der Waals surface area contributed by atoms with E-state index in [1.165, 1.54) is 6.20 Å². The number of hydrogen-bond acceptors (Lipinski definition) is 5. The number of aromatic nitrogens is 1. The van der Waals surface area contributed by atoms with Crippen LogP contribution >= 0.6 is 0 Å². The average molecular weight is 280 g/mol. The first kappa shape index (κ1) is 16.1. The van der Waals surface area contributed by atoms with Crippen LogP contribution in [0, 0.1) is 0 Å². The van der Waals surface area contributed by atoms with Crippen molar-refractivity contribution >= 4 is 11.9 Å². The number of hydrogen-bond donors (Lipinski definition) is 2. The third-order valence-electron chi connectivity index (χ3n) is 2.54. The highest BCUT2D eigenvalue weighted by atomic mass is 16.6. The molecule has 0 aliphatic rings. The Balaban J connectivity index is 3.02. The maximum Gasteiger partial charge on any atom is 0.315 e. The number of ether oxygens (including phenoxy) is 1. The fraction of sp³-hybridized carbons (Fsp3) is 0.500. The number of pyridine rings is 1. The Morgan fingerprint density at radius 1 is 1.45 bits per heavy atom. The summed E-state index contributed by atoms with van der Waals surface area (Å²) in [6, 6.07) is 2.48. The van der Waals surface area contributed by atoms with E-state index in [0.29, 0.717) is 5.56 Å². The second kappa shape index (κ2) is 6.47. The van der Waals surface area contributed by atoms with Crippen LogP contribution in [0.3, 0.4) is 0 Å². The molecule has 1 heterocycles. The van der Waals surface area contributed by atoms with Gasteiger partial charge in [-0.2, -0.15) is 0 Å². The van der Waals surface area contributed by atoms with E-state index in [1.54, 1.807) is 39.1 Å². The molecule has 0 unspecified atom stereocenters. The monoisotopic (exact) mass is 280 g/mol. The number of nitrogens with zero attached hydrogens (tertiary/aromatic N) is 1. The molecule has 0 saturated heterocycles. The zero-order valence-corrected chi connectivity index (χ0v) is 11.9. The van der Waals surface area contributed by atoms with Gasteiger partial charge in [-0.05, 0) is 32.4 Å². The molecule has 0 spiro atoms. The molecule has 1 aromatic heterocycles. The number of nitrogens with two attached hydrogens (primary N) is 1. The van der Waals surface area contributed by atoms with Gasteiger partial charge in [0.25, 0.3) is 0 Å². The van der Waals surface area contributed by atoms with Gasteiger partial charge in [0.05, 0.1) is 12.3 Å². The van der Waals surface area contributed by atoms with Crippen LogP contribution < -0.4 is 5.73 Å². The topological polar surface area (TPSA) is 103 Å². The van der Waals surface area contributed by atoms with E-state index in [1.807, 2.05) is 0 Å². The molecule has 1 aromatic rings. The Bertz CT molecular complexity index is 468. The summed E-state index contributed by atoms with van der Waals surface area (Å²) in [4.78, 5) is 27.0. The van der Waals surface area contributed by atoms with Gasteiger partial charge in [0, 0.05) is 18.4 Å². The molecular weight excluding hydrogens is 260 g/mol.